The number of ether oxygens (including phenoxy) is 1. The number of aromatic nitrogens is 3. The molecule has 3 amide bonds. The third-order valence-electron chi connectivity index (χ3n) is 11.9. The molecule has 2 aliphatic heterocycles. The van der Waals surface area contributed by atoms with E-state index >= 15 is 0 Å². The Kier molecular flexibility index (Phi) is 13.6. The zero-order valence-electron chi connectivity index (χ0n) is 37.7. The molecule has 1 fully saturated rings. The normalized spacial score (nSPS) is 15.6. The van der Waals surface area contributed by atoms with Crippen LogP contribution in [0.25, 0.3) is 5.57 Å². The van der Waals surface area contributed by atoms with Crippen LogP contribution in [-0.2, 0) is 29.5 Å². The summed E-state index contributed by atoms with van der Waals surface area (Å²) in [6, 6.07) is 51.1. The van der Waals surface area contributed by atoms with E-state index in [4.69, 9.17) is 14.6 Å². The molecule has 14 nitrogen and oxygen atoms in total. The minimum atomic E-state index is -1.06. The minimum absolute atomic E-state index is 0.00892. The molecule has 0 radical (unpaired) electrons. The highest BCUT2D eigenvalue weighted by molar-refractivity contribution is 8.00. The van der Waals surface area contributed by atoms with Crippen LogP contribution in [0.5, 0.6) is 0 Å². The Labute approximate surface area is 420 Å². The molecule has 1 saturated heterocycles. The lowest BCUT2D eigenvalue weighted by atomic mass is 9.77. The molecule has 71 heavy (non-hydrogen) atoms. The maximum Gasteiger partial charge on any atom is 0.356 e. The van der Waals surface area contributed by atoms with E-state index in [0.717, 1.165) is 39.2 Å². The number of esters is 1. The van der Waals surface area contributed by atoms with Gasteiger partial charge in [0.25, 0.3) is 17.7 Å². The molecule has 5 aromatic carbocycles. The number of thiazole rings is 2. The summed E-state index contributed by atoms with van der Waals surface area (Å²) in [6.45, 7) is 0. The maximum atomic E-state index is 14.8. The van der Waals surface area contributed by atoms with Gasteiger partial charge in [0.1, 0.15) is 35.5 Å². The highest BCUT2D eigenvalue weighted by Gasteiger charge is 2.55. The zero-order chi connectivity index (χ0) is 48.7. The lowest BCUT2D eigenvalue weighted by Crippen LogP contribution is -2.71. The number of hydrogen-bond donors (Lipinski definition) is 3. The molecule has 2 atom stereocenters. The van der Waals surface area contributed by atoms with Gasteiger partial charge in [-0.1, -0.05) is 168 Å². The fourth-order valence-corrected chi connectivity index (χ4v) is 11.6. The van der Waals surface area contributed by atoms with Crippen molar-refractivity contribution >= 4 is 79.7 Å². The molecule has 0 aliphatic carbocycles. The Morgan fingerprint density at radius 2 is 1.35 bits per heavy atom. The number of rotatable bonds is 16. The molecular formula is C54H42N8O6S3. The van der Waals surface area contributed by atoms with E-state index in [2.05, 4.69) is 67.5 Å². The number of pyridine rings is 1. The van der Waals surface area contributed by atoms with Crippen LogP contribution in [0.3, 0.4) is 0 Å². The first-order valence-corrected chi connectivity index (χ1v) is 25.1. The predicted molar refractivity (Wildman–Crippen MR) is 276 cm³/mol. The van der Waals surface area contributed by atoms with Gasteiger partial charge in [-0.05, 0) is 39.9 Å². The molecule has 0 bridgehead atoms. The molecular weight excluding hydrogens is 953 g/mol. The Balaban J connectivity index is 0.938. The van der Waals surface area contributed by atoms with Crippen molar-refractivity contribution in [2.75, 3.05) is 23.5 Å². The van der Waals surface area contributed by atoms with Crippen molar-refractivity contribution < 1.29 is 28.8 Å². The van der Waals surface area contributed by atoms with E-state index in [1.807, 2.05) is 115 Å². The summed E-state index contributed by atoms with van der Waals surface area (Å²) in [5.41, 5.74) is 4.38. The number of fused-ring (bicyclic) bond motifs is 1. The van der Waals surface area contributed by atoms with E-state index in [0.29, 0.717) is 21.1 Å². The van der Waals surface area contributed by atoms with Crippen molar-refractivity contribution in [2.45, 2.75) is 23.1 Å². The average molecular weight is 995 g/mol. The Hall–Kier alpha value is -8.25. The largest absolute Gasteiger partial charge is 0.448 e. The van der Waals surface area contributed by atoms with Crippen LogP contribution in [-0.4, -0.2) is 73.5 Å². The summed E-state index contributed by atoms with van der Waals surface area (Å²) in [4.78, 5) is 77.2. The number of amides is 3. The zero-order valence-corrected chi connectivity index (χ0v) is 40.2. The monoisotopic (exact) mass is 994 g/mol. The first-order valence-electron chi connectivity index (χ1n) is 22.3. The van der Waals surface area contributed by atoms with Crippen LogP contribution < -0.4 is 16.0 Å². The lowest BCUT2D eigenvalue weighted by Gasteiger charge is -2.49. The van der Waals surface area contributed by atoms with Gasteiger partial charge >= 0.3 is 5.97 Å². The summed E-state index contributed by atoms with van der Waals surface area (Å²) in [5.74, 6) is -2.17. The van der Waals surface area contributed by atoms with Gasteiger partial charge in [0, 0.05) is 35.3 Å². The molecule has 3 aromatic heterocycles. The van der Waals surface area contributed by atoms with Gasteiger partial charge in [-0.25, -0.2) is 14.8 Å². The van der Waals surface area contributed by atoms with E-state index in [1.165, 1.54) is 41.3 Å². The van der Waals surface area contributed by atoms with Crippen LogP contribution in [0.15, 0.2) is 199 Å². The molecule has 352 valence electrons. The fraction of sp³-hybridized carbons (Fsp3) is 0.111. The van der Waals surface area contributed by atoms with Crippen molar-refractivity contribution in [2.24, 2.45) is 5.16 Å². The van der Waals surface area contributed by atoms with E-state index in [1.54, 1.807) is 29.9 Å². The topological polar surface area (TPSA) is 177 Å². The molecule has 0 spiro atoms. The first kappa shape index (κ1) is 46.5. The van der Waals surface area contributed by atoms with Gasteiger partial charge in [0.15, 0.2) is 22.1 Å². The fourth-order valence-electron chi connectivity index (χ4n) is 8.57. The van der Waals surface area contributed by atoms with E-state index in [9.17, 15) is 19.2 Å². The van der Waals surface area contributed by atoms with Crippen LogP contribution in [0.1, 0.15) is 54.9 Å². The number of thioether (sulfide) groups is 1. The minimum Gasteiger partial charge on any atom is -0.448 e. The highest BCUT2D eigenvalue weighted by atomic mass is 32.2. The molecule has 10 rings (SSSR count). The number of carbonyl (C=O) groups excluding carboxylic acids is 4. The number of oxime groups is 1. The highest BCUT2D eigenvalue weighted by Crippen LogP contribution is 2.46. The van der Waals surface area contributed by atoms with Crippen molar-refractivity contribution in [1.82, 2.24) is 25.2 Å². The summed E-state index contributed by atoms with van der Waals surface area (Å²) >= 11 is 3.80. The summed E-state index contributed by atoms with van der Waals surface area (Å²) < 4.78 is 6.38. The van der Waals surface area contributed by atoms with Crippen LogP contribution in [0.2, 0.25) is 0 Å². The Morgan fingerprint density at radius 1 is 0.761 bits per heavy atom. The number of carbonyl (C=O) groups is 4. The third kappa shape index (κ3) is 9.45. The van der Waals surface area contributed by atoms with Gasteiger partial charge in [-0.2, -0.15) is 0 Å². The number of nitrogens with zero attached hydrogens (tertiary/aromatic N) is 5. The van der Waals surface area contributed by atoms with Gasteiger partial charge in [-0.3, -0.25) is 29.6 Å². The second-order valence-corrected chi connectivity index (χ2v) is 19.1. The second-order valence-electron chi connectivity index (χ2n) is 16.2. The maximum absolute atomic E-state index is 14.8. The van der Waals surface area contributed by atoms with E-state index in [-0.39, 0.29) is 28.0 Å². The Bertz CT molecular complexity index is 3110. The molecule has 3 N–H and O–H groups in total. The van der Waals surface area contributed by atoms with Gasteiger partial charge in [0.05, 0.1) is 10.4 Å². The first-order chi connectivity index (χ1) is 34.8. The lowest BCUT2D eigenvalue weighted by molar-refractivity contribution is -0.154. The van der Waals surface area contributed by atoms with Crippen molar-refractivity contribution in [3.63, 3.8) is 0 Å². The number of benzene rings is 5. The molecule has 5 heterocycles. The number of anilines is 2. The molecule has 17 heteroatoms. The smallest absolute Gasteiger partial charge is 0.356 e. The molecule has 0 saturated carbocycles. The second kappa shape index (κ2) is 20.8. The van der Waals surface area contributed by atoms with Crippen molar-refractivity contribution in [1.29, 1.82) is 0 Å². The van der Waals surface area contributed by atoms with Crippen LogP contribution in [0.4, 0.5) is 10.3 Å². The summed E-state index contributed by atoms with van der Waals surface area (Å²) in [6.07, 6.45) is 3.75. The van der Waals surface area contributed by atoms with Crippen LogP contribution in [0, 0.1) is 0 Å². The Morgan fingerprint density at radius 3 is 1.92 bits per heavy atom. The molecule has 2 unspecified atom stereocenters. The van der Waals surface area contributed by atoms with E-state index < -0.39 is 46.7 Å². The summed E-state index contributed by atoms with van der Waals surface area (Å²) in [5, 5.41) is 15.3. The third-order valence-corrected chi connectivity index (χ3v) is 14.9. The quantitative estimate of drug-likeness (QED) is 0.0277. The number of hydrogen-bond acceptors (Lipinski definition) is 14. The molecule has 8 aromatic rings. The van der Waals surface area contributed by atoms with Gasteiger partial charge < -0.3 is 20.2 Å². The number of β-lactam (4-membered cyclic amide) rings is 1. The predicted octanol–water partition coefficient (Wildman–Crippen LogP) is 9.15. The van der Waals surface area contributed by atoms with Crippen molar-refractivity contribution in [3.8, 4) is 0 Å². The van der Waals surface area contributed by atoms with Gasteiger partial charge in [0.2, 0.25) is 0 Å². The van der Waals surface area contributed by atoms with Crippen LogP contribution >= 0.6 is 34.4 Å². The molecule has 2 aliphatic rings. The summed E-state index contributed by atoms with van der Waals surface area (Å²) in [7, 11) is 1.33. The van der Waals surface area contributed by atoms with Gasteiger partial charge in [-0.15, -0.1) is 23.1 Å². The average Bonchev–Trinajstić information content (AvgIpc) is 4.11. The SMILES string of the molecule is CON=C(C(=O)NC1C(=O)N2C(C(=O)OC(c3ccccc3)c3ccccc3)=C(c3cnc(NC(=O)c4cccnc4)s3)CSC12)c1csc(NC(c2ccccc2)(c2ccccc2)c2ccccc2)n1. The standard InChI is InChI=1S/C54H42N8O6S3/c1-67-61-43(41-33-70-53(57-41)60-54(37-23-11-4-12-24-37,38-25-13-5-14-26-38)39-27-15-6-16-28-39)48(64)58-44-49(65)62-45(51(66)68-46(34-18-7-2-8-19-34)35-20-9-3-10-21-35)40(32-69-50(44)62)42-31-56-52(71-42)59-47(63)36-22-17-29-55-30-36/h2-31,33,44,46,50H,32H2,1H3,(H,57,60)(H,58,64)(H,56,59,63). The van der Waals surface area contributed by atoms with Crippen molar-refractivity contribution in [3.05, 3.63) is 237 Å². The number of nitrogens with one attached hydrogen (secondary N) is 3.